The highest BCUT2D eigenvalue weighted by Gasteiger charge is 2.31. The molecule has 13 heteroatoms. The number of anilines is 1. The van der Waals surface area contributed by atoms with Crippen molar-refractivity contribution in [2.75, 3.05) is 31.3 Å². The van der Waals surface area contributed by atoms with Crippen molar-refractivity contribution in [2.45, 2.75) is 45.5 Å². The van der Waals surface area contributed by atoms with E-state index in [0.717, 1.165) is 6.26 Å². The van der Waals surface area contributed by atoms with Crippen LogP contribution in [0.3, 0.4) is 0 Å². The van der Waals surface area contributed by atoms with Gasteiger partial charge in [0.25, 0.3) is 5.91 Å². The highest BCUT2D eigenvalue weighted by molar-refractivity contribution is 7.88. The third-order valence-electron chi connectivity index (χ3n) is 5.41. The Morgan fingerprint density at radius 2 is 1.83 bits per heavy atom. The van der Waals surface area contributed by atoms with Gasteiger partial charge in [0.05, 0.1) is 18.5 Å². The third-order valence-corrected chi connectivity index (χ3v) is 6.64. The van der Waals surface area contributed by atoms with Crippen molar-refractivity contribution in [1.29, 1.82) is 0 Å². The summed E-state index contributed by atoms with van der Waals surface area (Å²) in [6, 6.07) is 4.41. The number of carbonyl (C=O) groups excluding carboxylic acids is 1. The van der Waals surface area contributed by atoms with E-state index in [-0.39, 0.29) is 43.7 Å². The molecule has 35 heavy (non-hydrogen) atoms. The lowest BCUT2D eigenvalue weighted by molar-refractivity contribution is -0.274. The summed E-state index contributed by atoms with van der Waals surface area (Å²) in [6.45, 7) is 4.60. The van der Waals surface area contributed by atoms with Crippen molar-refractivity contribution >= 4 is 21.9 Å². The second-order valence-corrected chi connectivity index (χ2v) is 10.6. The zero-order chi connectivity index (χ0) is 25.8. The first kappa shape index (κ1) is 26.7. The Morgan fingerprint density at radius 3 is 2.43 bits per heavy atom. The number of halogens is 3. The molecule has 1 fully saturated rings. The lowest BCUT2D eigenvalue weighted by atomic mass is 10.0. The van der Waals surface area contributed by atoms with Crippen LogP contribution >= 0.6 is 0 Å². The Bertz CT molecular complexity index is 1150. The van der Waals surface area contributed by atoms with Crippen LogP contribution in [0.2, 0.25) is 0 Å². The normalized spacial score (nSPS) is 15.7. The highest BCUT2D eigenvalue weighted by Crippen LogP contribution is 2.28. The molecule has 0 radical (unpaired) electrons. The van der Waals surface area contributed by atoms with Gasteiger partial charge in [0.2, 0.25) is 16.0 Å². The van der Waals surface area contributed by atoms with Crippen LogP contribution in [0.15, 0.2) is 30.6 Å². The number of aromatic nitrogens is 2. The molecule has 0 bridgehead atoms. The molecule has 1 aliphatic heterocycles. The number of nitrogens with one attached hydrogen (secondary N) is 1. The van der Waals surface area contributed by atoms with Crippen LogP contribution < -0.4 is 10.1 Å². The minimum atomic E-state index is -4.79. The Balaban J connectivity index is 0.00000456. The number of benzene rings is 1. The summed E-state index contributed by atoms with van der Waals surface area (Å²) in [5, 5.41) is 2.93. The fraction of sp³-hybridized carbons (Fsp3) is 0.500. The summed E-state index contributed by atoms with van der Waals surface area (Å²) in [5.74, 6) is -0.512. The minimum absolute atomic E-state index is 0. The molecule has 3 rings (SSSR count). The second-order valence-electron chi connectivity index (χ2n) is 8.62. The first-order valence-electron chi connectivity index (χ1n) is 11.0. The Labute approximate surface area is 203 Å². The molecule has 1 aliphatic rings. The molecule has 1 amide bonds. The van der Waals surface area contributed by atoms with Gasteiger partial charge in [-0.25, -0.2) is 18.4 Å². The minimum Gasteiger partial charge on any atom is -0.406 e. The van der Waals surface area contributed by atoms with Gasteiger partial charge in [0, 0.05) is 33.5 Å². The van der Waals surface area contributed by atoms with Crippen molar-refractivity contribution in [3.8, 4) is 5.75 Å². The van der Waals surface area contributed by atoms with Gasteiger partial charge < -0.3 is 15.0 Å². The van der Waals surface area contributed by atoms with E-state index in [9.17, 15) is 26.4 Å². The molecule has 1 aromatic carbocycles. The fourth-order valence-electron chi connectivity index (χ4n) is 3.57. The van der Waals surface area contributed by atoms with Gasteiger partial charge in [-0.2, -0.15) is 4.31 Å². The number of hydrogen-bond acceptors (Lipinski definition) is 7. The molecule has 194 valence electrons. The first-order valence-corrected chi connectivity index (χ1v) is 12.9. The number of rotatable bonds is 7. The van der Waals surface area contributed by atoms with Gasteiger partial charge in [-0.3, -0.25) is 4.79 Å². The van der Waals surface area contributed by atoms with Gasteiger partial charge in [-0.1, -0.05) is 19.9 Å². The standard InChI is InChI=1S/C22H28F3N5O4S.H2/c1-15(2)17-8-16(9-19(10-17)34-22(23,24)25)11-26-21-27-12-18(13-28-21)20(31)29-6-4-5-7-30(14-29)35(3,32)33;/h8-10,12-13,15H,4-7,11,14H2,1-3H3,(H,26,27,28);1H. The average Bonchev–Trinajstić information content (AvgIpc) is 3.03. The van der Waals surface area contributed by atoms with Crippen molar-refractivity contribution in [1.82, 2.24) is 19.2 Å². The number of nitrogens with zero attached hydrogens (tertiary/aromatic N) is 4. The maximum Gasteiger partial charge on any atom is 0.573 e. The Kier molecular flexibility index (Phi) is 8.21. The number of alkyl halides is 3. The maximum absolute atomic E-state index is 12.9. The summed E-state index contributed by atoms with van der Waals surface area (Å²) < 4.78 is 67.2. The molecule has 1 saturated heterocycles. The van der Waals surface area contributed by atoms with Crippen molar-refractivity contribution in [3.05, 3.63) is 47.3 Å². The van der Waals surface area contributed by atoms with E-state index in [0.29, 0.717) is 37.1 Å². The van der Waals surface area contributed by atoms with Crippen LogP contribution in [0.25, 0.3) is 0 Å². The van der Waals surface area contributed by atoms with E-state index < -0.39 is 16.4 Å². The molecule has 2 heterocycles. The molecular weight excluding hydrogens is 487 g/mol. The van der Waals surface area contributed by atoms with Crippen LogP contribution in [0.5, 0.6) is 5.75 Å². The third kappa shape index (κ3) is 7.79. The quantitative estimate of drug-likeness (QED) is 0.596. The van der Waals surface area contributed by atoms with Crippen LogP contribution in [0.4, 0.5) is 19.1 Å². The molecule has 0 atom stereocenters. The summed E-state index contributed by atoms with van der Waals surface area (Å²) >= 11 is 0. The van der Waals surface area contributed by atoms with Gasteiger partial charge in [0.15, 0.2) is 0 Å². The van der Waals surface area contributed by atoms with E-state index in [1.807, 2.05) is 13.8 Å². The van der Waals surface area contributed by atoms with Gasteiger partial charge in [-0.05, 0) is 42.0 Å². The fourth-order valence-corrected chi connectivity index (χ4v) is 4.38. The lowest BCUT2D eigenvalue weighted by Gasteiger charge is -2.25. The molecule has 9 nitrogen and oxygen atoms in total. The highest BCUT2D eigenvalue weighted by atomic mass is 32.2. The molecule has 0 aliphatic carbocycles. The predicted octanol–water partition coefficient (Wildman–Crippen LogP) is 3.81. The Hall–Kier alpha value is -2.93. The summed E-state index contributed by atoms with van der Waals surface area (Å²) in [5.41, 5.74) is 1.43. The summed E-state index contributed by atoms with van der Waals surface area (Å²) in [6.07, 6.45) is 0.306. The Morgan fingerprint density at radius 1 is 1.17 bits per heavy atom. The number of amides is 1. The molecule has 1 N–H and O–H groups in total. The molecule has 0 unspecified atom stereocenters. The van der Waals surface area contributed by atoms with Gasteiger partial charge in [0.1, 0.15) is 5.75 Å². The zero-order valence-corrected chi connectivity index (χ0v) is 20.5. The van der Waals surface area contributed by atoms with E-state index in [1.54, 1.807) is 6.07 Å². The predicted molar refractivity (Wildman–Crippen MR) is 125 cm³/mol. The number of sulfonamides is 1. The first-order chi connectivity index (χ1) is 16.3. The largest absolute Gasteiger partial charge is 0.573 e. The van der Waals surface area contributed by atoms with Crippen LogP contribution in [-0.4, -0.2) is 65.9 Å². The number of carbonyl (C=O) groups is 1. The summed E-state index contributed by atoms with van der Waals surface area (Å²) in [7, 11) is -3.43. The van der Waals surface area contributed by atoms with Crippen LogP contribution in [0.1, 0.15) is 55.5 Å². The van der Waals surface area contributed by atoms with Crippen LogP contribution in [0, 0.1) is 0 Å². The molecule has 0 saturated carbocycles. The van der Waals surface area contributed by atoms with Gasteiger partial charge >= 0.3 is 6.36 Å². The van der Waals surface area contributed by atoms with Crippen molar-refractivity contribution in [2.24, 2.45) is 0 Å². The maximum atomic E-state index is 12.9. The number of hydrogen-bond donors (Lipinski definition) is 1. The zero-order valence-electron chi connectivity index (χ0n) is 19.7. The van der Waals surface area contributed by atoms with E-state index >= 15 is 0 Å². The van der Waals surface area contributed by atoms with Crippen molar-refractivity contribution in [3.63, 3.8) is 0 Å². The molecule has 0 spiro atoms. The van der Waals surface area contributed by atoms with E-state index in [1.165, 1.54) is 33.7 Å². The van der Waals surface area contributed by atoms with E-state index in [2.05, 4.69) is 20.0 Å². The van der Waals surface area contributed by atoms with Crippen LogP contribution in [-0.2, 0) is 16.6 Å². The summed E-state index contributed by atoms with van der Waals surface area (Å²) in [4.78, 5) is 22.6. The van der Waals surface area contributed by atoms with Gasteiger partial charge in [-0.15, -0.1) is 13.2 Å². The van der Waals surface area contributed by atoms with E-state index in [4.69, 9.17) is 0 Å². The lowest BCUT2D eigenvalue weighted by Crippen LogP contribution is -2.42. The topological polar surface area (TPSA) is 105 Å². The second kappa shape index (κ2) is 10.8. The molecule has 2 aromatic rings. The molecular formula is C22H30F3N5O4S. The molecule has 1 aromatic heterocycles. The monoisotopic (exact) mass is 517 g/mol. The van der Waals surface area contributed by atoms with Crippen molar-refractivity contribution < 1.29 is 32.5 Å². The SMILES string of the molecule is CC(C)c1cc(CNc2ncc(C(=O)N3CCCCN(S(C)(=O)=O)C3)cn2)cc(OC(F)(F)F)c1.[HH]. The number of ether oxygens (including phenoxy) is 1. The smallest absolute Gasteiger partial charge is 0.406 e. The average molecular weight is 518 g/mol.